The van der Waals surface area contributed by atoms with Crippen molar-refractivity contribution in [2.24, 2.45) is 5.92 Å². The highest BCUT2D eigenvalue weighted by molar-refractivity contribution is 6.35. The molecule has 0 bridgehead atoms. The molecule has 1 aliphatic heterocycles. The molecule has 2 fully saturated rings. The molecule has 1 saturated heterocycles. The van der Waals surface area contributed by atoms with Crippen molar-refractivity contribution in [3.05, 3.63) is 65.2 Å². The van der Waals surface area contributed by atoms with E-state index >= 15 is 0 Å². The maximum atomic E-state index is 12.7. The summed E-state index contributed by atoms with van der Waals surface area (Å²) in [6, 6.07) is 18.8. The van der Waals surface area contributed by atoms with Crippen molar-refractivity contribution < 1.29 is 4.79 Å². The number of rotatable bonds is 7. The summed E-state index contributed by atoms with van der Waals surface area (Å²) < 4.78 is 0. The number of halogens is 1. The van der Waals surface area contributed by atoms with Crippen LogP contribution < -0.4 is 10.6 Å². The first kappa shape index (κ1) is 23.1. The zero-order valence-electron chi connectivity index (χ0n) is 19.6. The fraction of sp³-hybridized carbons (Fsp3) is 0.429. The fourth-order valence-electron chi connectivity index (χ4n) is 5.37. The summed E-state index contributed by atoms with van der Waals surface area (Å²) in [6.07, 6.45) is 7.72. The molecule has 6 heteroatoms. The minimum Gasteiger partial charge on any atom is -0.366 e. The molecule has 1 aromatic heterocycles. The van der Waals surface area contributed by atoms with E-state index in [1.165, 1.54) is 24.8 Å². The highest BCUT2D eigenvalue weighted by Gasteiger charge is 2.23. The standard InChI is InChI=1S/C28H33ClN4O/c29-24-12-13-25-23(28(24)32-27(34)17-20-7-3-1-4-8-20)11-14-26(31-25)30-22-15-16-33(19-22)18-21-9-5-2-6-10-21/h2,5-6,9-14,20,22H,1,3-4,7-8,15-19H2,(H,30,31)(H,32,34). The van der Waals surface area contributed by atoms with Gasteiger partial charge in [0.25, 0.3) is 0 Å². The first-order valence-electron chi connectivity index (χ1n) is 12.6. The Balaban J connectivity index is 1.23. The minimum absolute atomic E-state index is 0.0490. The van der Waals surface area contributed by atoms with Crippen molar-refractivity contribution in [3.8, 4) is 0 Å². The van der Waals surface area contributed by atoms with E-state index in [-0.39, 0.29) is 5.91 Å². The number of likely N-dealkylation sites (tertiary alicyclic amines) is 1. The van der Waals surface area contributed by atoms with E-state index in [0.717, 1.165) is 55.6 Å². The van der Waals surface area contributed by atoms with Gasteiger partial charge in [0.2, 0.25) is 5.91 Å². The summed E-state index contributed by atoms with van der Waals surface area (Å²) >= 11 is 6.49. The number of carbonyl (C=O) groups is 1. The molecule has 1 saturated carbocycles. The van der Waals surface area contributed by atoms with Crippen LogP contribution in [0.25, 0.3) is 10.9 Å². The number of amides is 1. The number of anilines is 2. The molecule has 34 heavy (non-hydrogen) atoms. The van der Waals surface area contributed by atoms with Crippen molar-refractivity contribution in [1.29, 1.82) is 0 Å². The Morgan fingerprint density at radius 3 is 2.65 bits per heavy atom. The third kappa shape index (κ3) is 5.70. The average Bonchev–Trinajstić information content (AvgIpc) is 3.28. The zero-order valence-corrected chi connectivity index (χ0v) is 20.4. The molecule has 0 radical (unpaired) electrons. The van der Waals surface area contributed by atoms with Crippen LogP contribution in [-0.2, 0) is 11.3 Å². The van der Waals surface area contributed by atoms with Gasteiger partial charge in [0.15, 0.2) is 0 Å². The van der Waals surface area contributed by atoms with Gasteiger partial charge in [-0.25, -0.2) is 4.98 Å². The number of hydrogen-bond acceptors (Lipinski definition) is 4. The lowest BCUT2D eigenvalue weighted by Gasteiger charge is -2.21. The number of fused-ring (bicyclic) bond motifs is 1. The van der Waals surface area contributed by atoms with Gasteiger partial charge in [-0.15, -0.1) is 0 Å². The number of nitrogens with zero attached hydrogens (tertiary/aromatic N) is 2. The molecule has 1 unspecified atom stereocenters. The van der Waals surface area contributed by atoms with Gasteiger partial charge in [0.05, 0.1) is 16.2 Å². The minimum atomic E-state index is 0.0490. The summed E-state index contributed by atoms with van der Waals surface area (Å²) in [6.45, 7) is 3.05. The first-order chi connectivity index (χ1) is 16.6. The van der Waals surface area contributed by atoms with Crippen molar-refractivity contribution >= 4 is 39.9 Å². The Bertz CT molecular complexity index is 1130. The molecule has 5 rings (SSSR count). The molecule has 2 aliphatic rings. The number of pyridine rings is 1. The van der Waals surface area contributed by atoms with Gasteiger partial charge in [-0.1, -0.05) is 61.2 Å². The molecule has 1 atom stereocenters. The van der Waals surface area contributed by atoms with Gasteiger partial charge in [-0.2, -0.15) is 0 Å². The van der Waals surface area contributed by atoms with Crippen LogP contribution >= 0.6 is 11.6 Å². The number of aromatic nitrogens is 1. The second kappa shape index (κ2) is 10.7. The Morgan fingerprint density at radius 2 is 1.82 bits per heavy atom. The van der Waals surface area contributed by atoms with E-state index in [9.17, 15) is 4.79 Å². The molecular weight excluding hydrogens is 444 g/mol. The molecule has 2 aromatic carbocycles. The van der Waals surface area contributed by atoms with E-state index < -0.39 is 0 Å². The molecule has 3 aromatic rings. The first-order valence-corrected chi connectivity index (χ1v) is 12.9. The topological polar surface area (TPSA) is 57.3 Å². The maximum absolute atomic E-state index is 12.7. The largest absolute Gasteiger partial charge is 0.366 e. The van der Waals surface area contributed by atoms with Gasteiger partial charge < -0.3 is 10.6 Å². The molecule has 1 amide bonds. The normalized spacial score (nSPS) is 19.4. The third-order valence-corrected chi connectivity index (χ3v) is 7.47. The van der Waals surface area contributed by atoms with E-state index in [4.69, 9.17) is 16.6 Å². The number of carbonyl (C=O) groups excluding carboxylic acids is 1. The summed E-state index contributed by atoms with van der Waals surface area (Å²) in [5.41, 5.74) is 2.86. The van der Waals surface area contributed by atoms with E-state index in [1.807, 2.05) is 24.3 Å². The van der Waals surface area contributed by atoms with Crippen LogP contribution in [-0.4, -0.2) is 34.9 Å². The summed E-state index contributed by atoms with van der Waals surface area (Å²) in [4.78, 5) is 20.0. The molecule has 178 valence electrons. The highest BCUT2D eigenvalue weighted by Crippen LogP contribution is 2.33. The SMILES string of the molecule is O=C(CC1CCCCC1)Nc1c(Cl)ccc2nc(NC3CCN(Cc4ccccc4)C3)ccc12. The second-order valence-corrected chi connectivity index (χ2v) is 10.2. The number of benzene rings is 2. The lowest BCUT2D eigenvalue weighted by Crippen LogP contribution is -2.26. The quantitative estimate of drug-likeness (QED) is 0.409. The predicted octanol–water partition coefficient (Wildman–Crippen LogP) is 6.48. The van der Waals surface area contributed by atoms with Crippen molar-refractivity contribution in [3.63, 3.8) is 0 Å². The lowest BCUT2D eigenvalue weighted by atomic mass is 9.87. The van der Waals surface area contributed by atoms with Crippen molar-refractivity contribution in [2.75, 3.05) is 23.7 Å². The van der Waals surface area contributed by atoms with Crippen LogP contribution in [0.4, 0.5) is 11.5 Å². The van der Waals surface area contributed by atoms with E-state index in [2.05, 4.69) is 45.9 Å². The second-order valence-electron chi connectivity index (χ2n) is 9.79. The summed E-state index contributed by atoms with van der Waals surface area (Å²) in [7, 11) is 0. The Morgan fingerprint density at radius 1 is 1.00 bits per heavy atom. The molecular formula is C28H33ClN4O. The predicted molar refractivity (Wildman–Crippen MR) is 140 cm³/mol. The molecule has 2 heterocycles. The van der Waals surface area contributed by atoms with Crippen LogP contribution in [0, 0.1) is 5.92 Å². The Hall–Kier alpha value is -2.63. The van der Waals surface area contributed by atoms with Crippen LogP contribution in [0.3, 0.4) is 0 Å². The molecule has 5 nitrogen and oxygen atoms in total. The summed E-state index contributed by atoms with van der Waals surface area (Å²) in [5, 5.41) is 8.13. The fourth-order valence-corrected chi connectivity index (χ4v) is 5.59. The molecule has 2 N–H and O–H groups in total. The Labute approximate surface area is 206 Å². The van der Waals surface area contributed by atoms with Crippen LogP contribution in [0.15, 0.2) is 54.6 Å². The number of hydrogen-bond donors (Lipinski definition) is 2. The van der Waals surface area contributed by atoms with Gasteiger partial charge in [-0.05, 0) is 55.0 Å². The zero-order chi connectivity index (χ0) is 23.3. The Kier molecular flexibility index (Phi) is 7.31. The van der Waals surface area contributed by atoms with Crippen LogP contribution in [0.5, 0.6) is 0 Å². The van der Waals surface area contributed by atoms with Crippen molar-refractivity contribution in [2.45, 2.75) is 57.5 Å². The summed E-state index contributed by atoms with van der Waals surface area (Å²) in [5.74, 6) is 1.40. The van der Waals surface area contributed by atoms with Crippen LogP contribution in [0.1, 0.15) is 50.5 Å². The van der Waals surface area contributed by atoms with Gasteiger partial charge in [0.1, 0.15) is 5.82 Å². The van der Waals surface area contributed by atoms with Gasteiger partial charge in [-0.3, -0.25) is 9.69 Å². The van der Waals surface area contributed by atoms with E-state index in [0.29, 0.717) is 29.1 Å². The maximum Gasteiger partial charge on any atom is 0.224 e. The lowest BCUT2D eigenvalue weighted by molar-refractivity contribution is -0.117. The third-order valence-electron chi connectivity index (χ3n) is 7.16. The molecule has 0 spiro atoms. The molecule has 1 aliphatic carbocycles. The van der Waals surface area contributed by atoms with Crippen molar-refractivity contribution in [1.82, 2.24) is 9.88 Å². The van der Waals surface area contributed by atoms with Crippen LogP contribution in [0.2, 0.25) is 5.02 Å². The smallest absolute Gasteiger partial charge is 0.224 e. The number of nitrogens with one attached hydrogen (secondary N) is 2. The van der Waals surface area contributed by atoms with Gasteiger partial charge in [0, 0.05) is 37.5 Å². The highest BCUT2D eigenvalue weighted by atomic mass is 35.5. The average molecular weight is 477 g/mol. The monoisotopic (exact) mass is 476 g/mol. The van der Waals surface area contributed by atoms with Gasteiger partial charge >= 0.3 is 0 Å². The van der Waals surface area contributed by atoms with E-state index in [1.54, 1.807) is 0 Å².